The molecule has 3 aromatic rings. The number of aliphatic hydroxyl groups excluding tert-OH is 1. The minimum absolute atomic E-state index is 0.0701. The summed E-state index contributed by atoms with van der Waals surface area (Å²) in [6.45, 7) is 1.43. The number of nitrogens with one attached hydrogen (secondary N) is 1. The molecule has 12 heteroatoms. The van der Waals surface area contributed by atoms with Crippen LogP contribution < -0.4 is 21.5 Å². The molecule has 1 saturated heterocycles. The number of hydrogen-bond acceptors (Lipinski definition) is 6. The van der Waals surface area contributed by atoms with Crippen LogP contribution in [0.5, 0.6) is 0 Å². The molecule has 1 aliphatic heterocycles. The molecular formula is C24H30ClFN6O4. The van der Waals surface area contributed by atoms with Crippen LogP contribution >= 0.6 is 11.6 Å². The van der Waals surface area contributed by atoms with Gasteiger partial charge in [-0.1, -0.05) is 17.7 Å². The molecule has 0 radical (unpaired) electrons. The topological polar surface area (TPSA) is 114 Å². The van der Waals surface area contributed by atoms with E-state index in [4.69, 9.17) is 16.7 Å². The largest absolute Gasteiger partial charge is 0.396 e. The second kappa shape index (κ2) is 10.8. The Morgan fingerprint density at radius 3 is 2.75 bits per heavy atom. The van der Waals surface area contributed by atoms with Crippen LogP contribution in [0.1, 0.15) is 31.2 Å². The number of fused-ring (bicyclic) bond motifs is 1. The van der Waals surface area contributed by atoms with E-state index >= 15 is 0 Å². The van der Waals surface area contributed by atoms with Crippen LogP contribution in [0, 0.1) is 11.7 Å². The van der Waals surface area contributed by atoms with Crippen LogP contribution in [0.4, 0.5) is 10.3 Å². The summed E-state index contributed by atoms with van der Waals surface area (Å²) >= 11 is 6.30. The molecule has 0 spiro atoms. The monoisotopic (exact) mass is 520 g/mol. The van der Waals surface area contributed by atoms with Crippen molar-refractivity contribution in [3.05, 3.63) is 55.4 Å². The fraction of sp³-hybridized carbons (Fsp3) is 0.500. The fourth-order valence-corrected chi connectivity index (χ4v) is 4.86. The zero-order valence-corrected chi connectivity index (χ0v) is 21.1. The number of piperidine rings is 1. The average Bonchev–Trinajstić information content (AvgIpc) is 3.25. The minimum atomic E-state index is -0.547. The van der Waals surface area contributed by atoms with Gasteiger partial charge in [-0.25, -0.2) is 9.18 Å². The number of halogens is 2. The van der Waals surface area contributed by atoms with E-state index in [1.165, 1.54) is 30.8 Å². The van der Waals surface area contributed by atoms with E-state index in [9.17, 15) is 18.8 Å². The number of unbranched alkanes of at least 4 members (excludes halogenated alkanes) is 1. The van der Waals surface area contributed by atoms with Gasteiger partial charge >= 0.3 is 5.69 Å². The number of amides is 1. The number of carbonyl (C=O) groups excluding carboxylic acids is 1. The Hall–Kier alpha value is -3.18. The van der Waals surface area contributed by atoms with Crippen molar-refractivity contribution in [2.24, 2.45) is 20.0 Å². The lowest BCUT2D eigenvalue weighted by atomic mass is 9.97. The van der Waals surface area contributed by atoms with E-state index in [2.05, 4.69) is 10.3 Å². The summed E-state index contributed by atoms with van der Waals surface area (Å²) in [5.41, 5.74) is -0.530. The Bertz CT molecular complexity index is 1380. The van der Waals surface area contributed by atoms with Gasteiger partial charge in [-0.3, -0.25) is 23.3 Å². The number of imidazole rings is 1. The molecule has 1 aromatic carbocycles. The zero-order valence-electron chi connectivity index (χ0n) is 20.3. The van der Waals surface area contributed by atoms with Crippen LogP contribution in [0.15, 0.2) is 27.8 Å². The Morgan fingerprint density at radius 1 is 1.25 bits per heavy atom. The molecule has 1 aliphatic rings. The lowest BCUT2D eigenvalue weighted by Gasteiger charge is -2.33. The predicted molar refractivity (Wildman–Crippen MR) is 135 cm³/mol. The maximum Gasteiger partial charge on any atom is 0.332 e. The van der Waals surface area contributed by atoms with Gasteiger partial charge in [0, 0.05) is 50.9 Å². The first-order chi connectivity index (χ1) is 17.2. The van der Waals surface area contributed by atoms with E-state index in [0.717, 1.165) is 11.0 Å². The van der Waals surface area contributed by atoms with Gasteiger partial charge in [0.25, 0.3) is 5.56 Å². The Morgan fingerprint density at radius 2 is 2.03 bits per heavy atom. The van der Waals surface area contributed by atoms with Crippen molar-refractivity contribution in [1.29, 1.82) is 0 Å². The first-order valence-corrected chi connectivity index (χ1v) is 12.3. The van der Waals surface area contributed by atoms with Crippen LogP contribution in [0.2, 0.25) is 5.02 Å². The van der Waals surface area contributed by atoms with Crippen molar-refractivity contribution in [3.8, 4) is 0 Å². The molecule has 2 N–H and O–H groups in total. The Balaban J connectivity index is 1.76. The van der Waals surface area contributed by atoms with Crippen molar-refractivity contribution >= 4 is 34.6 Å². The molecule has 194 valence electrons. The normalized spacial score (nSPS) is 16.0. The van der Waals surface area contributed by atoms with Crippen molar-refractivity contribution in [1.82, 2.24) is 24.0 Å². The molecule has 0 bridgehead atoms. The highest BCUT2D eigenvalue weighted by Gasteiger charge is 2.30. The lowest BCUT2D eigenvalue weighted by molar-refractivity contribution is -0.125. The third kappa shape index (κ3) is 4.90. The molecule has 1 unspecified atom stereocenters. The molecule has 2 aromatic heterocycles. The molecule has 1 amide bonds. The highest BCUT2D eigenvalue weighted by atomic mass is 35.5. The number of aromatic nitrogens is 4. The average molecular weight is 521 g/mol. The van der Waals surface area contributed by atoms with E-state index in [1.54, 1.807) is 10.6 Å². The van der Waals surface area contributed by atoms with Gasteiger partial charge < -0.3 is 15.3 Å². The number of nitrogens with zero attached hydrogens (tertiary/aromatic N) is 5. The van der Waals surface area contributed by atoms with Crippen LogP contribution in [-0.2, 0) is 25.4 Å². The highest BCUT2D eigenvalue weighted by molar-refractivity contribution is 6.31. The van der Waals surface area contributed by atoms with Crippen molar-refractivity contribution < 1.29 is 14.3 Å². The smallest absolute Gasteiger partial charge is 0.332 e. The molecule has 3 heterocycles. The number of hydrogen-bond donors (Lipinski definition) is 2. The van der Waals surface area contributed by atoms with Crippen LogP contribution in [-0.4, -0.2) is 55.9 Å². The molecule has 0 aliphatic carbocycles. The molecule has 4 rings (SSSR count). The minimum Gasteiger partial charge on any atom is -0.396 e. The number of carbonyl (C=O) groups is 1. The third-order valence-electron chi connectivity index (χ3n) is 6.66. The standard InChI is InChI=1S/C24H30ClFN6O4/c1-29-20-19(22(35)30(2)24(29)36)32(14-16-17(25)8-5-9-18(16)26)23(28-20)31-11-6-7-15(13-31)21(34)27-10-3-4-12-33/h5,8-9,15,33H,3-4,6-7,10-14H2,1-2H3,(H,27,34). The van der Waals surface area contributed by atoms with Gasteiger partial charge in [0.15, 0.2) is 11.2 Å². The second-order valence-electron chi connectivity index (χ2n) is 9.08. The van der Waals surface area contributed by atoms with Crippen LogP contribution in [0.25, 0.3) is 11.2 Å². The number of rotatable bonds is 8. The van der Waals surface area contributed by atoms with Gasteiger partial charge in [0.05, 0.1) is 12.5 Å². The molecule has 1 atom stereocenters. The molecule has 10 nitrogen and oxygen atoms in total. The molecule has 0 saturated carbocycles. The van der Waals surface area contributed by atoms with Gasteiger partial charge in [-0.15, -0.1) is 0 Å². The van der Waals surface area contributed by atoms with Crippen molar-refractivity contribution in [2.45, 2.75) is 32.2 Å². The summed E-state index contributed by atoms with van der Waals surface area (Å²) in [4.78, 5) is 45.1. The fourth-order valence-electron chi connectivity index (χ4n) is 4.63. The lowest BCUT2D eigenvalue weighted by Crippen LogP contribution is -2.44. The number of benzene rings is 1. The van der Waals surface area contributed by atoms with E-state index < -0.39 is 17.1 Å². The summed E-state index contributed by atoms with van der Waals surface area (Å²) in [7, 11) is 2.91. The summed E-state index contributed by atoms with van der Waals surface area (Å²) in [6, 6.07) is 4.38. The second-order valence-corrected chi connectivity index (χ2v) is 9.49. The van der Waals surface area contributed by atoms with Gasteiger partial charge in [0.1, 0.15) is 5.82 Å². The Labute approximate surface area is 211 Å². The van der Waals surface area contributed by atoms with Gasteiger partial charge in [-0.05, 0) is 37.8 Å². The maximum atomic E-state index is 14.7. The molecular weight excluding hydrogens is 491 g/mol. The summed E-state index contributed by atoms with van der Waals surface area (Å²) in [5.74, 6) is -0.526. The van der Waals surface area contributed by atoms with Crippen LogP contribution in [0.3, 0.4) is 0 Å². The Kier molecular flexibility index (Phi) is 7.79. The molecule has 1 fully saturated rings. The first kappa shape index (κ1) is 25.9. The number of anilines is 1. The van der Waals surface area contributed by atoms with E-state index in [-0.39, 0.29) is 46.7 Å². The quantitative estimate of drug-likeness (QED) is 0.434. The highest BCUT2D eigenvalue weighted by Crippen LogP contribution is 2.28. The first-order valence-electron chi connectivity index (χ1n) is 12.0. The van der Waals surface area contributed by atoms with E-state index in [0.29, 0.717) is 44.8 Å². The predicted octanol–water partition coefficient (Wildman–Crippen LogP) is 1.38. The number of aliphatic hydroxyl groups is 1. The van der Waals surface area contributed by atoms with Crippen molar-refractivity contribution in [3.63, 3.8) is 0 Å². The third-order valence-corrected chi connectivity index (χ3v) is 7.02. The molecule has 36 heavy (non-hydrogen) atoms. The summed E-state index contributed by atoms with van der Waals surface area (Å²) in [6.07, 6.45) is 2.72. The van der Waals surface area contributed by atoms with Gasteiger partial charge in [0.2, 0.25) is 11.9 Å². The number of aryl methyl sites for hydroxylation is 1. The zero-order chi connectivity index (χ0) is 26.0. The maximum absolute atomic E-state index is 14.7. The summed E-state index contributed by atoms with van der Waals surface area (Å²) < 4.78 is 18.6. The van der Waals surface area contributed by atoms with Gasteiger partial charge in [-0.2, -0.15) is 4.98 Å². The van der Waals surface area contributed by atoms with E-state index in [1.807, 2.05) is 4.90 Å². The van der Waals surface area contributed by atoms with Crippen molar-refractivity contribution in [2.75, 3.05) is 31.1 Å². The summed E-state index contributed by atoms with van der Waals surface area (Å²) in [5, 5.41) is 12.1. The SMILES string of the molecule is Cn1c(=O)c2c(nc(N3CCCC(C(=O)NCCCCO)C3)n2Cc2c(F)cccc2Cl)n(C)c1=O.